The summed E-state index contributed by atoms with van der Waals surface area (Å²) < 4.78 is 2.16. The van der Waals surface area contributed by atoms with E-state index in [9.17, 15) is 0 Å². The van der Waals surface area contributed by atoms with Gasteiger partial charge < -0.3 is 4.98 Å². The van der Waals surface area contributed by atoms with E-state index < -0.39 is 0 Å². The molecule has 1 aliphatic rings. The summed E-state index contributed by atoms with van der Waals surface area (Å²) in [7, 11) is 0. The van der Waals surface area contributed by atoms with E-state index in [0.29, 0.717) is 6.04 Å². The minimum absolute atomic E-state index is 0.514. The third-order valence-corrected chi connectivity index (χ3v) is 4.93. The molecule has 1 N–H and O–H groups in total. The number of aromatic nitrogens is 5. The maximum atomic E-state index is 4.65. The van der Waals surface area contributed by atoms with Crippen molar-refractivity contribution in [3.8, 4) is 11.3 Å². The number of nitrogens with zero attached hydrogens (tertiary/aromatic N) is 4. The van der Waals surface area contributed by atoms with Gasteiger partial charge in [-0.3, -0.25) is 4.68 Å². The Morgan fingerprint density at radius 1 is 1.32 bits per heavy atom. The predicted molar refractivity (Wildman–Crippen MR) is 86.4 cm³/mol. The van der Waals surface area contributed by atoms with Crippen LogP contribution in [0.25, 0.3) is 22.3 Å². The Labute approximate surface area is 129 Å². The van der Waals surface area contributed by atoms with E-state index in [0.717, 1.165) is 34.6 Å². The fourth-order valence-electron chi connectivity index (χ4n) is 3.82. The number of rotatable bonds is 4. The molecule has 0 aromatic carbocycles. The maximum absolute atomic E-state index is 4.65. The van der Waals surface area contributed by atoms with Crippen LogP contribution in [0, 0.1) is 5.92 Å². The molecule has 0 spiro atoms. The minimum atomic E-state index is 0.514. The molecule has 3 aromatic heterocycles. The Kier molecular flexibility index (Phi) is 3.41. The second-order valence-electron chi connectivity index (χ2n) is 6.19. The van der Waals surface area contributed by atoms with Crippen LogP contribution in [0.2, 0.25) is 0 Å². The lowest BCUT2D eigenvalue weighted by atomic mass is 9.96. The molecule has 22 heavy (non-hydrogen) atoms. The van der Waals surface area contributed by atoms with Crippen molar-refractivity contribution in [3.05, 3.63) is 31.0 Å². The Morgan fingerprint density at radius 3 is 3.00 bits per heavy atom. The first kappa shape index (κ1) is 13.5. The molecule has 0 aliphatic heterocycles. The number of fused-ring (bicyclic) bond motifs is 1. The van der Waals surface area contributed by atoms with E-state index in [2.05, 4.69) is 37.9 Å². The van der Waals surface area contributed by atoms with E-state index in [-0.39, 0.29) is 0 Å². The number of H-pyrrole nitrogens is 1. The van der Waals surface area contributed by atoms with Crippen LogP contribution in [-0.2, 0) is 0 Å². The minimum Gasteiger partial charge on any atom is -0.346 e. The van der Waals surface area contributed by atoms with Crippen LogP contribution in [0.4, 0.5) is 0 Å². The number of nitrogens with one attached hydrogen (secondary N) is 1. The van der Waals surface area contributed by atoms with Crippen molar-refractivity contribution in [1.29, 1.82) is 0 Å². The monoisotopic (exact) mass is 295 g/mol. The lowest BCUT2D eigenvalue weighted by molar-refractivity contribution is 0.301. The van der Waals surface area contributed by atoms with Crippen LogP contribution in [0.1, 0.15) is 45.1 Å². The number of aromatic amines is 1. The average molecular weight is 295 g/mol. The number of hydrogen-bond donors (Lipinski definition) is 1. The van der Waals surface area contributed by atoms with Gasteiger partial charge in [-0.2, -0.15) is 5.10 Å². The summed E-state index contributed by atoms with van der Waals surface area (Å²) in [6, 6.07) is 2.54. The van der Waals surface area contributed by atoms with Gasteiger partial charge in [0.2, 0.25) is 0 Å². The summed E-state index contributed by atoms with van der Waals surface area (Å²) in [5.74, 6) is 0.774. The molecule has 0 amide bonds. The zero-order valence-electron chi connectivity index (χ0n) is 12.9. The molecule has 5 nitrogen and oxygen atoms in total. The fourth-order valence-corrected chi connectivity index (χ4v) is 3.82. The first-order chi connectivity index (χ1) is 10.9. The van der Waals surface area contributed by atoms with Crippen LogP contribution in [0.15, 0.2) is 31.0 Å². The van der Waals surface area contributed by atoms with E-state index in [1.54, 1.807) is 6.33 Å². The van der Waals surface area contributed by atoms with E-state index in [1.165, 1.54) is 25.7 Å². The molecule has 0 saturated heterocycles. The lowest BCUT2D eigenvalue weighted by Crippen LogP contribution is -2.17. The van der Waals surface area contributed by atoms with Gasteiger partial charge in [-0.15, -0.1) is 0 Å². The van der Waals surface area contributed by atoms with Crippen LogP contribution in [-0.4, -0.2) is 24.7 Å². The van der Waals surface area contributed by atoms with Gasteiger partial charge in [0.15, 0.2) is 0 Å². The SMILES string of the molecule is CC[C@H](C1CCCC1)n1cc(-c2ncnc3[nH]ccc23)cn1. The average Bonchev–Trinajstić information content (AvgIpc) is 3.29. The summed E-state index contributed by atoms with van der Waals surface area (Å²) in [6.45, 7) is 2.26. The van der Waals surface area contributed by atoms with E-state index in [1.807, 2.05) is 18.5 Å². The molecule has 114 valence electrons. The summed E-state index contributed by atoms with van der Waals surface area (Å²) in [6.07, 6.45) is 14.1. The zero-order valence-corrected chi connectivity index (χ0v) is 12.9. The highest BCUT2D eigenvalue weighted by Crippen LogP contribution is 2.36. The largest absolute Gasteiger partial charge is 0.346 e. The van der Waals surface area contributed by atoms with Crippen molar-refractivity contribution in [2.75, 3.05) is 0 Å². The molecular formula is C17H21N5. The Bertz CT molecular complexity index is 766. The standard InChI is InChI=1S/C17H21N5/c1-2-15(12-5-3-4-6-12)22-10-13(9-21-22)16-14-7-8-18-17(14)20-11-19-16/h7-12,15H,2-6H2,1H3,(H,18,19,20)/t15-/m1/s1. The molecule has 1 fully saturated rings. The molecular weight excluding hydrogens is 274 g/mol. The van der Waals surface area contributed by atoms with Gasteiger partial charge in [-0.25, -0.2) is 9.97 Å². The first-order valence-corrected chi connectivity index (χ1v) is 8.19. The smallest absolute Gasteiger partial charge is 0.141 e. The molecule has 0 unspecified atom stereocenters. The van der Waals surface area contributed by atoms with Crippen LogP contribution in [0.5, 0.6) is 0 Å². The summed E-state index contributed by atoms with van der Waals surface area (Å²) in [4.78, 5) is 11.9. The summed E-state index contributed by atoms with van der Waals surface area (Å²) in [5, 5.41) is 5.70. The molecule has 5 heteroatoms. The third-order valence-electron chi connectivity index (χ3n) is 4.93. The highest BCUT2D eigenvalue weighted by Gasteiger charge is 2.25. The highest BCUT2D eigenvalue weighted by molar-refractivity contribution is 5.89. The van der Waals surface area contributed by atoms with E-state index in [4.69, 9.17) is 0 Å². The Balaban J connectivity index is 1.70. The summed E-state index contributed by atoms with van der Waals surface area (Å²) in [5.41, 5.74) is 2.91. The van der Waals surface area contributed by atoms with Crippen molar-refractivity contribution < 1.29 is 0 Å². The van der Waals surface area contributed by atoms with Crippen molar-refractivity contribution >= 4 is 11.0 Å². The number of hydrogen-bond acceptors (Lipinski definition) is 3. The van der Waals surface area contributed by atoms with Gasteiger partial charge in [0.25, 0.3) is 0 Å². The van der Waals surface area contributed by atoms with Crippen molar-refractivity contribution in [3.63, 3.8) is 0 Å². The highest BCUT2D eigenvalue weighted by atomic mass is 15.3. The van der Waals surface area contributed by atoms with Crippen molar-refractivity contribution in [2.24, 2.45) is 5.92 Å². The Morgan fingerprint density at radius 2 is 2.18 bits per heavy atom. The van der Waals surface area contributed by atoms with Crippen LogP contribution in [0.3, 0.4) is 0 Å². The second-order valence-corrected chi connectivity index (χ2v) is 6.19. The van der Waals surface area contributed by atoms with Gasteiger partial charge in [-0.05, 0) is 31.2 Å². The van der Waals surface area contributed by atoms with Gasteiger partial charge in [-0.1, -0.05) is 19.8 Å². The molecule has 1 atom stereocenters. The predicted octanol–water partition coefficient (Wildman–Crippen LogP) is 3.96. The molecule has 3 aromatic rings. The summed E-state index contributed by atoms with van der Waals surface area (Å²) >= 11 is 0. The van der Waals surface area contributed by atoms with Crippen molar-refractivity contribution in [1.82, 2.24) is 24.7 Å². The topological polar surface area (TPSA) is 59.4 Å². The first-order valence-electron chi connectivity index (χ1n) is 8.19. The molecule has 1 aliphatic carbocycles. The van der Waals surface area contributed by atoms with Gasteiger partial charge in [0, 0.05) is 23.3 Å². The molecule has 0 radical (unpaired) electrons. The molecule has 1 saturated carbocycles. The normalized spacial score (nSPS) is 17.3. The molecule has 4 rings (SSSR count). The second kappa shape index (κ2) is 5.55. The van der Waals surface area contributed by atoms with Crippen LogP contribution < -0.4 is 0 Å². The maximum Gasteiger partial charge on any atom is 0.141 e. The van der Waals surface area contributed by atoms with Crippen LogP contribution >= 0.6 is 0 Å². The van der Waals surface area contributed by atoms with E-state index >= 15 is 0 Å². The van der Waals surface area contributed by atoms with Gasteiger partial charge >= 0.3 is 0 Å². The fraction of sp³-hybridized carbons (Fsp3) is 0.471. The quantitative estimate of drug-likeness (QED) is 0.792. The third kappa shape index (κ3) is 2.21. The lowest BCUT2D eigenvalue weighted by Gasteiger charge is -2.22. The van der Waals surface area contributed by atoms with Crippen molar-refractivity contribution in [2.45, 2.75) is 45.1 Å². The Hall–Kier alpha value is -2.17. The van der Waals surface area contributed by atoms with Gasteiger partial charge in [0.1, 0.15) is 12.0 Å². The zero-order chi connectivity index (χ0) is 14.9. The molecule has 3 heterocycles. The molecule has 0 bridgehead atoms. The van der Waals surface area contributed by atoms with Gasteiger partial charge in [0.05, 0.1) is 17.9 Å².